The minimum Gasteiger partial charge on any atom is -0.329 e. The van der Waals surface area contributed by atoms with Gasteiger partial charge in [-0.1, -0.05) is 26.7 Å². The number of imidazole rings is 1. The summed E-state index contributed by atoms with van der Waals surface area (Å²) in [6.45, 7) is 8.79. The lowest BCUT2D eigenvalue weighted by Gasteiger charge is -2.14. The van der Waals surface area contributed by atoms with Crippen molar-refractivity contribution in [1.29, 1.82) is 0 Å². The number of nitrogens with one attached hydrogen (secondary N) is 1. The standard InChI is InChI=1S/C15H23N3S/c1-10(2)6-5-7-12(4)18-14-13(17-15(18)19)9-8-11(3)16-14/h8-10,12H,5-7H2,1-4H3,(H,17,19). The fourth-order valence-electron chi connectivity index (χ4n) is 2.46. The molecule has 2 heterocycles. The van der Waals surface area contributed by atoms with Crippen LogP contribution in [0.25, 0.3) is 11.2 Å². The largest absolute Gasteiger partial charge is 0.329 e. The molecular weight excluding hydrogens is 254 g/mol. The molecule has 1 N–H and O–H groups in total. The second kappa shape index (κ2) is 5.87. The van der Waals surface area contributed by atoms with E-state index < -0.39 is 0 Å². The Hall–Kier alpha value is -1.16. The smallest absolute Gasteiger partial charge is 0.179 e. The van der Waals surface area contributed by atoms with Gasteiger partial charge in [0.2, 0.25) is 0 Å². The Morgan fingerprint density at radius 1 is 1.26 bits per heavy atom. The number of nitrogens with zero attached hydrogens (tertiary/aromatic N) is 2. The van der Waals surface area contributed by atoms with Crippen molar-refractivity contribution in [3.63, 3.8) is 0 Å². The number of hydrogen-bond acceptors (Lipinski definition) is 2. The number of fused-ring (bicyclic) bond motifs is 1. The Balaban J connectivity index is 2.25. The molecule has 0 aromatic carbocycles. The van der Waals surface area contributed by atoms with E-state index in [1.54, 1.807) is 0 Å². The summed E-state index contributed by atoms with van der Waals surface area (Å²) < 4.78 is 2.95. The molecule has 0 saturated carbocycles. The monoisotopic (exact) mass is 277 g/mol. The van der Waals surface area contributed by atoms with Gasteiger partial charge in [0.1, 0.15) is 0 Å². The van der Waals surface area contributed by atoms with E-state index in [1.807, 2.05) is 13.0 Å². The molecular formula is C15H23N3S. The zero-order chi connectivity index (χ0) is 14.0. The van der Waals surface area contributed by atoms with Gasteiger partial charge < -0.3 is 4.98 Å². The molecule has 0 aliphatic carbocycles. The average molecular weight is 277 g/mol. The Morgan fingerprint density at radius 3 is 2.68 bits per heavy atom. The maximum absolute atomic E-state index is 5.44. The highest BCUT2D eigenvalue weighted by Gasteiger charge is 2.12. The fraction of sp³-hybridized carbons (Fsp3) is 0.600. The number of aryl methyl sites for hydroxylation is 1. The Morgan fingerprint density at radius 2 is 2.00 bits per heavy atom. The third-order valence-electron chi connectivity index (χ3n) is 3.55. The molecule has 19 heavy (non-hydrogen) atoms. The molecule has 2 aromatic rings. The Kier molecular flexibility index (Phi) is 4.40. The van der Waals surface area contributed by atoms with E-state index in [2.05, 4.69) is 41.4 Å². The van der Waals surface area contributed by atoms with Gasteiger partial charge in [0, 0.05) is 11.7 Å². The van der Waals surface area contributed by atoms with E-state index in [1.165, 1.54) is 12.8 Å². The lowest BCUT2D eigenvalue weighted by atomic mass is 10.0. The Bertz CT molecular complexity index is 609. The molecule has 4 heteroatoms. The summed E-state index contributed by atoms with van der Waals surface area (Å²) in [5.41, 5.74) is 3.05. The number of hydrogen-bond donors (Lipinski definition) is 1. The van der Waals surface area contributed by atoms with E-state index in [0.717, 1.165) is 34.0 Å². The molecule has 0 aliphatic rings. The van der Waals surface area contributed by atoms with Gasteiger partial charge in [0.25, 0.3) is 0 Å². The number of H-pyrrole nitrogens is 1. The summed E-state index contributed by atoms with van der Waals surface area (Å²) in [5.74, 6) is 0.767. The molecule has 1 unspecified atom stereocenters. The summed E-state index contributed by atoms with van der Waals surface area (Å²) in [6.07, 6.45) is 3.65. The minimum absolute atomic E-state index is 0.397. The molecule has 0 fully saturated rings. The normalized spacial score (nSPS) is 13.3. The van der Waals surface area contributed by atoms with E-state index in [4.69, 9.17) is 12.2 Å². The fourth-order valence-corrected chi connectivity index (χ4v) is 2.83. The van der Waals surface area contributed by atoms with E-state index in [9.17, 15) is 0 Å². The highest BCUT2D eigenvalue weighted by molar-refractivity contribution is 7.71. The third kappa shape index (κ3) is 3.24. The zero-order valence-electron chi connectivity index (χ0n) is 12.2. The molecule has 0 aliphatic heterocycles. The van der Waals surface area contributed by atoms with Gasteiger partial charge in [0.15, 0.2) is 10.4 Å². The summed E-state index contributed by atoms with van der Waals surface area (Å²) in [5, 5.41) is 0. The molecule has 0 spiro atoms. The van der Waals surface area contributed by atoms with Crippen LogP contribution < -0.4 is 0 Å². The number of rotatable bonds is 5. The lowest BCUT2D eigenvalue weighted by molar-refractivity contribution is 0.449. The first-order chi connectivity index (χ1) is 8.99. The van der Waals surface area contributed by atoms with Crippen LogP contribution in [0.2, 0.25) is 0 Å². The van der Waals surface area contributed by atoms with Crippen LogP contribution in [-0.4, -0.2) is 14.5 Å². The Labute approximate surface area is 120 Å². The highest BCUT2D eigenvalue weighted by Crippen LogP contribution is 2.22. The number of aromatic nitrogens is 3. The molecule has 0 bridgehead atoms. The number of aromatic amines is 1. The van der Waals surface area contributed by atoms with Crippen LogP contribution in [0.15, 0.2) is 12.1 Å². The molecule has 2 rings (SSSR count). The van der Waals surface area contributed by atoms with Gasteiger partial charge >= 0.3 is 0 Å². The molecule has 2 aromatic heterocycles. The van der Waals surface area contributed by atoms with Crippen LogP contribution in [0.5, 0.6) is 0 Å². The van der Waals surface area contributed by atoms with Crippen LogP contribution in [0.3, 0.4) is 0 Å². The first kappa shape index (κ1) is 14.3. The van der Waals surface area contributed by atoms with Gasteiger partial charge in [-0.3, -0.25) is 4.57 Å². The lowest BCUT2D eigenvalue weighted by Crippen LogP contribution is -2.07. The van der Waals surface area contributed by atoms with Crippen LogP contribution in [-0.2, 0) is 0 Å². The van der Waals surface area contributed by atoms with Crippen LogP contribution >= 0.6 is 12.2 Å². The van der Waals surface area contributed by atoms with Gasteiger partial charge in [-0.15, -0.1) is 0 Å². The summed E-state index contributed by atoms with van der Waals surface area (Å²) in [7, 11) is 0. The van der Waals surface area contributed by atoms with E-state index >= 15 is 0 Å². The molecule has 0 amide bonds. The summed E-state index contributed by atoms with van der Waals surface area (Å²) >= 11 is 5.44. The van der Waals surface area contributed by atoms with Crippen molar-refractivity contribution in [2.45, 2.75) is 53.0 Å². The van der Waals surface area contributed by atoms with Gasteiger partial charge in [0.05, 0.1) is 5.52 Å². The van der Waals surface area contributed by atoms with Crippen molar-refractivity contribution in [2.24, 2.45) is 5.92 Å². The van der Waals surface area contributed by atoms with Crippen molar-refractivity contribution >= 4 is 23.4 Å². The summed E-state index contributed by atoms with van der Waals surface area (Å²) in [4.78, 5) is 7.88. The SMILES string of the molecule is Cc1ccc2[nH]c(=S)n(C(C)CCCC(C)C)c2n1. The average Bonchev–Trinajstić information content (AvgIpc) is 2.63. The van der Waals surface area contributed by atoms with E-state index in [0.29, 0.717) is 6.04 Å². The van der Waals surface area contributed by atoms with E-state index in [-0.39, 0.29) is 0 Å². The predicted octanol–water partition coefficient (Wildman–Crippen LogP) is 4.79. The number of pyridine rings is 1. The van der Waals surface area contributed by atoms with Gasteiger partial charge in [-0.05, 0) is 50.5 Å². The molecule has 0 radical (unpaired) electrons. The van der Waals surface area contributed by atoms with Crippen molar-refractivity contribution in [1.82, 2.24) is 14.5 Å². The van der Waals surface area contributed by atoms with Crippen LogP contribution in [0, 0.1) is 17.6 Å². The van der Waals surface area contributed by atoms with Crippen molar-refractivity contribution in [3.8, 4) is 0 Å². The van der Waals surface area contributed by atoms with Crippen LogP contribution in [0.1, 0.15) is 51.8 Å². The predicted molar refractivity (Wildman–Crippen MR) is 83.1 cm³/mol. The molecule has 104 valence electrons. The van der Waals surface area contributed by atoms with Crippen molar-refractivity contribution in [2.75, 3.05) is 0 Å². The van der Waals surface area contributed by atoms with Crippen molar-refractivity contribution < 1.29 is 0 Å². The first-order valence-corrected chi connectivity index (χ1v) is 7.47. The zero-order valence-corrected chi connectivity index (χ0v) is 13.0. The quantitative estimate of drug-likeness (QED) is 0.797. The molecule has 1 atom stereocenters. The third-order valence-corrected chi connectivity index (χ3v) is 3.85. The van der Waals surface area contributed by atoms with Crippen LogP contribution in [0.4, 0.5) is 0 Å². The topological polar surface area (TPSA) is 33.6 Å². The highest BCUT2D eigenvalue weighted by atomic mass is 32.1. The second-order valence-corrected chi connectivity index (χ2v) is 6.18. The molecule has 3 nitrogen and oxygen atoms in total. The second-order valence-electron chi connectivity index (χ2n) is 5.80. The van der Waals surface area contributed by atoms with Crippen molar-refractivity contribution in [3.05, 3.63) is 22.6 Å². The maximum Gasteiger partial charge on any atom is 0.179 e. The van der Waals surface area contributed by atoms with Gasteiger partial charge in [-0.2, -0.15) is 0 Å². The first-order valence-electron chi connectivity index (χ1n) is 7.07. The minimum atomic E-state index is 0.397. The van der Waals surface area contributed by atoms with Gasteiger partial charge in [-0.25, -0.2) is 4.98 Å². The maximum atomic E-state index is 5.44. The summed E-state index contributed by atoms with van der Waals surface area (Å²) in [6, 6.07) is 4.47. The molecule has 0 saturated heterocycles.